The molecule has 0 spiro atoms. The smallest absolute Gasteiger partial charge is 0.389 e. The molecule has 0 atom stereocenters. The molecule has 6 heterocycles. The van der Waals surface area contributed by atoms with E-state index in [0.717, 1.165) is 161 Å². The second-order valence-corrected chi connectivity index (χ2v) is 51.0. The number of sulfone groups is 5. The number of ether oxygens (including phenoxy) is 1. The number of hydrogen-bond donors (Lipinski definition) is 0. The van der Waals surface area contributed by atoms with Crippen molar-refractivity contribution < 1.29 is 69.6 Å². The van der Waals surface area contributed by atoms with E-state index in [-0.39, 0.29) is 27.8 Å². The van der Waals surface area contributed by atoms with Crippen LogP contribution in [-0.4, -0.2) is 158 Å². The van der Waals surface area contributed by atoms with Gasteiger partial charge in [-0.1, -0.05) is 272 Å². The van der Waals surface area contributed by atoms with Gasteiger partial charge in [-0.05, 0) is 236 Å². The van der Waals surface area contributed by atoms with E-state index in [4.69, 9.17) is 20.0 Å². The number of nitrogens with zero attached hydrogens (tertiary/aromatic N) is 11. The van der Waals surface area contributed by atoms with Gasteiger partial charge < -0.3 is 4.74 Å². The first-order valence-corrected chi connectivity index (χ1v) is 58.7. The molecule has 0 fully saturated rings. The molecular weight excluding hydrogens is 1980 g/mol. The topological polar surface area (TPSA) is 316 Å². The number of alkyl halides is 3. The van der Waals surface area contributed by atoms with Gasteiger partial charge in [-0.2, -0.15) is 38.7 Å². The highest BCUT2D eigenvalue weighted by molar-refractivity contribution is 7.91. The van der Waals surface area contributed by atoms with Crippen LogP contribution in [0.2, 0.25) is 0 Å². The summed E-state index contributed by atoms with van der Waals surface area (Å²) in [6.45, 7) is 41.4. The quantitative estimate of drug-likeness (QED) is 0.0354. The van der Waals surface area contributed by atoms with Gasteiger partial charge in [-0.3, -0.25) is 33.0 Å². The van der Waals surface area contributed by atoms with Crippen LogP contribution >= 0.6 is 0 Å². The fraction of sp³-hybridized carbons (Fsp3) is 0.316. The Labute approximate surface area is 875 Å². The largest absolute Gasteiger partial charge is 0.474 e. The molecule has 0 N–H and O–H groups in total. The van der Waals surface area contributed by atoms with Gasteiger partial charge in [0.25, 0.3) is 0 Å². The molecule has 0 unspecified atom stereocenters. The molecule has 0 amide bonds. The Hall–Kier alpha value is -13.7. The number of Topliss-reactive ketones (excluding diaryl/α,β-unsaturated/α-hetero) is 2. The fourth-order valence-electron chi connectivity index (χ4n) is 16.4. The van der Waals surface area contributed by atoms with E-state index in [1.165, 1.54) is 44.1 Å². The maximum absolute atomic E-state index is 12.5. The molecule has 15 aromatic rings. The average Bonchev–Trinajstić information content (AvgIpc) is 1.65. The van der Waals surface area contributed by atoms with Gasteiger partial charge in [0.1, 0.15) is 23.7 Å². The van der Waals surface area contributed by atoms with E-state index in [2.05, 4.69) is 132 Å². The summed E-state index contributed by atoms with van der Waals surface area (Å²) in [5, 5.41) is 23.0. The van der Waals surface area contributed by atoms with Gasteiger partial charge in [0.05, 0.1) is 76.3 Å². The minimum atomic E-state index is -4.40. The number of aromatic nitrogens is 10. The summed E-state index contributed by atoms with van der Waals surface area (Å²) in [6, 6.07) is 83.9. The zero-order valence-corrected chi connectivity index (χ0v) is 92.3. The van der Waals surface area contributed by atoms with Crippen LogP contribution in [0.3, 0.4) is 0 Å². The van der Waals surface area contributed by atoms with Crippen molar-refractivity contribution in [3.05, 3.63) is 308 Å². The predicted octanol–water partition coefficient (Wildman–Crippen LogP) is 25.8. The van der Waals surface area contributed by atoms with Crippen LogP contribution in [0.5, 0.6) is 0 Å². The van der Waals surface area contributed by atoms with Crippen LogP contribution in [-0.2, 0) is 86.6 Å². The highest BCUT2D eigenvalue weighted by atomic mass is 32.2. The molecule has 784 valence electrons. The Balaban J connectivity index is 0.000000165. The molecule has 0 saturated carbocycles. The van der Waals surface area contributed by atoms with Crippen LogP contribution in [0.4, 0.5) is 13.2 Å². The molecule has 24 nitrogen and oxygen atoms in total. The molecule has 1 aliphatic heterocycles. The van der Waals surface area contributed by atoms with Crippen LogP contribution in [0.25, 0.3) is 117 Å². The molecule has 149 heavy (non-hydrogen) atoms. The van der Waals surface area contributed by atoms with E-state index < -0.39 is 74.0 Å². The maximum Gasteiger partial charge on any atom is 0.389 e. The zero-order chi connectivity index (χ0) is 109. The molecular formula is C117H132F3N11O13S5. The van der Waals surface area contributed by atoms with Crippen molar-refractivity contribution in [2.24, 2.45) is 34.6 Å². The van der Waals surface area contributed by atoms with Crippen molar-refractivity contribution in [2.45, 2.75) is 198 Å². The van der Waals surface area contributed by atoms with Crippen molar-refractivity contribution in [3.63, 3.8) is 0 Å². The lowest BCUT2D eigenvalue weighted by Crippen LogP contribution is -2.17. The lowest BCUT2D eigenvalue weighted by molar-refractivity contribution is -0.133. The summed E-state index contributed by atoms with van der Waals surface area (Å²) < 4.78 is 171. The van der Waals surface area contributed by atoms with Crippen molar-refractivity contribution >= 4 is 72.2 Å². The Kier molecular flexibility index (Phi) is 36.7. The minimum absolute atomic E-state index is 0.0137. The highest BCUT2D eigenvalue weighted by Crippen LogP contribution is 2.38. The molecule has 0 saturated heterocycles. The SMILES string of the molecule is C=C(C)c1cc(-c2ccc(-c3cccc(S(C)(=O)=O)c3)cc2)n(CC(C)C)n1.CC(=O)c1cc(-c2ccc(-c3cccc(S(C)(=O)=O)c3)cc2)n(CC(C)C)n1.CC(C)Cn1nc(C(=O)CCC(F)(F)F)cc1-c1ccc(-c2cccc(S(C)(=O)=O)c2)cc1.CC(C)Cn1nc(C(C)C)cc1-c1ccc(-c2cccc(S(C)(=O)=O)c2)cc1.CC(C)Cn1nc(C2=NC(C)(C)CO2)cc1-c1ccc(-c2cccc(S(C)(=O)=O)c2)cc1. The Bertz CT molecular complexity index is 7790. The van der Waals surface area contributed by atoms with E-state index in [9.17, 15) is 64.8 Å². The molecule has 0 aliphatic carbocycles. The molecule has 1 aliphatic rings. The van der Waals surface area contributed by atoms with Gasteiger partial charge in [-0.15, -0.1) is 0 Å². The van der Waals surface area contributed by atoms with E-state index in [1.807, 2.05) is 188 Å². The third-order valence-corrected chi connectivity index (χ3v) is 29.5. The Morgan fingerprint density at radius 2 is 0.584 bits per heavy atom. The van der Waals surface area contributed by atoms with Crippen molar-refractivity contribution in [1.29, 1.82) is 0 Å². The summed E-state index contributed by atoms with van der Waals surface area (Å²) in [6.07, 6.45) is -0.180. The monoisotopic (exact) mass is 2120 g/mol. The average molecular weight is 2120 g/mol. The number of halogens is 3. The van der Waals surface area contributed by atoms with Gasteiger partial charge in [0, 0.05) is 77.3 Å². The second-order valence-electron chi connectivity index (χ2n) is 40.9. The lowest BCUT2D eigenvalue weighted by atomic mass is 10.0. The van der Waals surface area contributed by atoms with Gasteiger partial charge >= 0.3 is 6.18 Å². The molecule has 32 heteroatoms. The van der Waals surface area contributed by atoms with Crippen LogP contribution in [0.1, 0.15) is 168 Å². The van der Waals surface area contributed by atoms with Crippen molar-refractivity contribution in [2.75, 3.05) is 37.9 Å². The highest BCUT2D eigenvalue weighted by Gasteiger charge is 2.32. The zero-order valence-electron chi connectivity index (χ0n) is 88.2. The Morgan fingerprint density at radius 1 is 0.336 bits per heavy atom. The van der Waals surface area contributed by atoms with E-state index in [1.54, 1.807) is 89.6 Å². The molecule has 10 aromatic carbocycles. The second kappa shape index (κ2) is 47.9. The third-order valence-electron chi connectivity index (χ3n) is 24.0. The normalized spacial score (nSPS) is 12.8. The predicted molar refractivity (Wildman–Crippen MR) is 590 cm³/mol. The molecule has 0 bridgehead atoms. The number of hydrogen-bond acceptors (Lipinski definition) is 19. The first-order valence-electron chi connectivity index (χ1n) is 49.2. The number of aliphatic imine (C=N–C) groups is 1. The third kappa shape index (κ3) is 31.5. The van der Waals surface area contributed by atoms with Crippen LogP contribution in [0.15, 0.2) is 309 Å². The fourth-order valence-corrected chi connectivity index (χ4v) is 19.7. The van der Waals surface area contributed by atoms with Gasteiger partial charge in [0.2, 0.25) is 5.90 Å². The number of carbonyl (C=O) groups is 2. The van der Waals surface area contributed by atoms with Crippen molar-refractivity contribution in [1.82, 2.24) is 48.9 Å². The number of benzene rings is 10. The van der Waals surface area contributed by atoms with Gasteiger partial charge in [-0.25, -0.2) is 47.1 Å². The summed E-state index contributed by atoms with van der Waals surface area (Å²) >= 11 is 0. The summed E-state index contributed by atoms with van der Waals surface area (Å²) in [4.78, 5) is 30.2. The van der Waals surface area contributed by atoms with E-state index in [0.29, 0.717) is 79.6 Å². The summed E-state index contributed by atoms with van der Waals surface area (Å²) in [7, 11) is -16.3. The van der Waals surface area contributed by atoms with Gasteiger partial charge in [0.15, 0.2) is 60.8 Å². The standard InChI is InChI=1S/C25H29N3O3S.C24H25F3N2O3S.C23H28N2O2S.C23H26N2O2S.C22H24N2O3S/c1-17(2)15-28-23(14-22(27-28)24-26-25(3,4)16-31-24)19-11-9-18(10-12-19)20-7-6-8-21(13-20)32(5,29)30;1-16(2)15-29-22(14-21(28-29)23(30)11-12-24(25,26)27)18-9-7-17(8-10-18)19-5-4-6-20(13-19)33(3,31)32;2*1-16(2)15-25-23(14-22(24-25)17(3)4)19-11-9-18(10-12-19)20-7-6-8-21(13-20)28(5,26)27;1-15(2)14-24-22(13-21(23-24)16(3)25)18-10-8-17(9-11-18)19-6-5-7-20(12-19)28(4,26)27/h6-14,17H,15-16H2,1-5H3;4-10,13-14,16H,11-12,15H2,1-3H3;6-14,16-17H,15H2,1-5H3;6-14,16H,3,15H2,1-2,4-5H3;5-13,15H,14H2,1-4H3. The lowest BCUT2D eigenvalue weighted by Gasteiger charge is -2.11. The summed E-state index contributed by atoms with van der Waals surface area (Å²) in [5.74, 6) is 2.30. The van der Waals surface area contributed by atoms with E-state index >= 15 is 0 Å². The molecule has 5 aromatic heterocycles. The maximum atomic E-state index is 12.5. The van der Waals surface area contributed by atoms with Crippen LogP contribution < -0.4 is 0 Å². The molecule has 0 radical (unpaired) electrons. The first kappa shape index (κ1) is 114. The number of carbonyl (C=O) groups excluding carboxylic acids is 2. The molecule has 16 rings (SSSR count). The minimum Gasteiger partial charge on any atom is -0.474 e. The number of ketones is 2. The number of rotatable bonds is 32. The first-order chi connectivity index (χ1) is 69.8. The number of allylic oxidation sites excluding steroid dienone is 1. The Morgan fingerprint density at radius 3 is 0.839 bits per heavy atom. The van der Waals surface area contributed by atoms with Crippen molar-refractivity contribution in [3.8, 4) is 112 Å². The summed E-state index contributed by atoms with van der Waals surface area (Å²) in [5.41, 5.74) is 22.5. The van der Waals surface area contributed by atoms with Crippen LogP contribution in [0, 0.1) is 29.6 Å².